The van der Waals surface area contributed by atoms with Gasteiger partial charge in [-0.3, -0.25) is 9.38 Å². The Bertz CT molecular complexity index is 839. The molecule has 0 radical (unpaired) electrons. The molecule has 0 amide bonds. The van der Waals surface area contributed by atoms with Gasteiger partial charge in [-0.2, -0.15) is 5.26 Å². The molecule has 0 bridgehead atoms. The molecule has 3 heterocycles. The van der Waals surface area contributed by atoms with Crippen molar-refractivity contribution in [1.82, 2.24) is 14.4 Å². The zero-order valence-electron chi connectivity index (χ0n) is 11.5. The predicted octanol–water partition coefficient (Wildman–Crippen LogP) is 3.40. The molecule has 0 atom stereocenters. The van der Waals surface area contributed by atoms with Gasteiger partial charge in [0.15, 0.2) is 4.96 Å². The van der Waals surface area contributed by atoms with Gasteiger partial charge in [0.2, 0.25) is 0 Å². The van der Waals surface area contributed by atoms with E-state index in [9.17, 15) is 5.26 Å². The minimum absolute atomic E-state index is 0.383. The summed E-state index contributed by atoms with van der Waals surface area (Å²) in [6.45, 7) is 0. The van der Waals surface area contributed by atoms with Crippen LogP contribution in [0.4, 0.5) is 0 Å². The van der Waals surface area contributed by atoms with Gasteiger partial charge in [-0.05, 0) is 37.8 Å². The molecule has 0 N–H and O–H groups in total. The SMILES string of the molecule is N#CCc1c(-c2cccnc2)nc2sc3c(n12)CCCC3. The molecule has 104 valence electrons. The van der Waals surface area contributed by atoms with Gasteiger partial charge in [0.05, 0.1) is 23.9 Å². The summed E-state index contributed by atoms with van der Waals surface area (Å²) < 4.78 is 2.23. The first-order valence-corrected chi connectivity index (χ1v) is 7.99. The molecule has 0 aliphatic heterocycles. The fourth-order valence-corrected chi connectivity index (χ4v) is 4.29. The summed E-state index contributed by atoms with van der Waals surface area (Å²) in [5.74, 6) is 0. The fourth-order valence-electron chi connectivity index (χ4n) is 3.07. The molecule has 4 rings (SSSR count). The highest BCUT2D eigenvalue weighted by molar-refractivity contribution is 7.17. The van der Waals surface area contributed by atoms with Crippen LogP contribution in [0.3, 0.4) is 0 Å². The third-order valence-corrected chi connectivity index (χ3v) is 5.14. The molecule has 0 aromatic carbocycles. The summed E-state index contributed by atoms with van der Waals surface area (Å²) >= 11 is 1.78. The molecule has 21 heavy (non-hydrogen) atoms. The van der Waals surface area contributed by atoms with Crippen LogP contribution >= 0.6 is 11.3 Å². The Morgan fingerprint density at radius 3 is 3.05 bits per heavy atom. The molecule has 0 saturated carbocycles. The number of aromatic nitrogens is 3. The molecule has 0 saturated heterocycles. The summed E-state index contributed by atoms with van der Waals surface area (Å²) in [6, 6.07) is 6.21. The van der Waals surface area contributed by atoms with Crippen LogP contribution in [-0.4, -0.2) is 14.4 Å². The largest absolute Gasteiger partial charge is 0.290 e. The smallest absolute Gasteiger partial charge is 0.194 e. The lowest BCUT2D eigenvalue weighted by Gasteiger charge is -2.11. The van der Waals surface area contributed by atoms with Crippen LogP contribution in [0.1, 0.15) is 29.1 Å². The molecule has 0 unspecified atom stereocenters. The number of hydrogen-bond donors (Lipinski definition) is 0. The average Bonchev–Trinajstić information content (AvgIpc) is 3.05. The fraction of sp³-hybridized carbons (Fsp3) is 0.312. The molecule has 0 spiro atoms. The first kappa shape index (κ1) is 12.5. The zero-order chi connectivity index (χ0) is 14.2. The summed E-state index contributed by atoms with van der Waals surface area (Å²) in [4.78, 5) is 11.4. The second-order valence-corrected chi connectivity index (χ2v) is 6.34. The van der Waals surface area contributed by atoms with Crippen molar-refractivity contribution in [2.24, 2.45) is 0 Å². The van der Waals surface area contributed by atoms with Crippen molar-refractivity contribution >= 4 is 16.3 Å². The first-order chi connectivity index (χ1) is 10.4. The van der Waals surface area contributed by atoms with Crippen LogP contribution in [0.2, 0.25) is 0 Å². The van der Waals surface area contributed by atoms with Crippen LogP contribution in [-0.2, 0) is 19.3 Å². The van der Waals surface area contributed by atoms with E-state index in [1.807, 2.05) is 18.3 Å². The molecule has 3 aromatic rings. The van der Waals surface area contributed by atoms with Gasteiger partial charge in [0, 0.05) is 28.5 Å². The lowest BCUT2D eigenvalue weighted by atomic mass is 10.0. The van der Waals surface area contributed by atoms with Crippen LogP contribution in [0.15, 0.2) is 24.5 Å². The molecular weight excluding hydrogens is 280 g/mol. The molecule has 0 fully saturated rings. The summed E-state index contributed by atoms with van der Waals surface area (Å²) in [5, 5.41) is 9.21. The Balaban J connectivity index is 1.98. The number of aryl methyl sites for hydroxylation is 2. The summed E-state index contributed by atoms with van der Waals surface area (Å²) in [5.41, 5.74) is 4.28. The third-order valence-electron chi connectivity index (χ3n) is 4.00. The Hall–Kier alpha value is -2.19. The number of fused-ring (bicyclic) bond motifs is 3. The van der Waals surface area contributed by atoms with Crippen molar-refractivity contribution in [1.29, 1.82) is 5.26 Å². The lowest BCUT2D eigenvalue weighted by molar-refractivity contribution is 0.671. The maximum Gasteiger partial charge on any atom is 0.194 e. The van der Waals surface area contributed by atoms with Crippen molar-refractivity contribution in [2.45, 2.75) is 32.1 Å². The van der Waals surface area contributed by atoms with Crippen LogP contribution in [0.25, 0.3) is 16.2 Å². The highest BCUT2D eigenvalue weighted by Gasteiger charge is 2.22. The number of nitriles is 1. The van der Waals surface area contributed by atoms with Crippen molar-refractivity contribution in [2.75, 3.05) is 0 Å². The van der Waals surface area contributed by atoms with E-state index in [-0.39, 0.29) is 0 Å². The van der Waals surface area contributed by atoms with Gasteiger partial charge in [-0.25, -0.2) is 4.98 Å². The summed E-state index contributed by atoms with van der Waals surface area (Å²) in [7, 11) is 0. The number of hydrogen-bond acceptors (Lipinski definition) is 4. The highest BCUT2D eigenvalue weighted by Crippen LogP contribution is 2.34. The molecular formula is C16H14N4S. The molecule has 4 nitrogen and oxygen atoms in total. The van der Waals surface area contributed by atoms with Gasteiger partial charge < -0.3 is 0 Å². The lowest BCUT2D eigenvalue weighted by Crippen LogP contribution is -2.05. The maximum absolute atomic E-state index is 9.21. The number of rotatable bonds is 2. The van der Waals surface area contributed by atoms with Gasteiger partial charge in [-0.1, -0.05) is 0 Å². The second-order valence-electron chi connectivity index (χ2n) is 5.28. The monoisotopic (exact) mass is 294 g/mol. The van der Waals surface area contributed by atoms with Crippen molar-refractivity contribution in [3.63, 3.8) is 0 Å². The quantitative estimate of drug-likeness (QED) is 0.728. The Labute approximate surface area is 126 Å². The standard InChI is InChI=1S/C16H14N4S/c17-8-7-13-15(11-4-3-9-18-10-11)19-16-20(13)12-5-1-2-6-14(12)21-16/h3-4,9-10H,1-2,5-7H2. The van der Waals surface area contributed by atoms with E-state index in [2.05, 4.69) is 15.5 Å². The minimum Gasteiger partial charge on any atom is -0.290 e. The molecule has 1 aliphatic carbocycles. The van der Waals surface area contributed by atoms with Crippen LogP contribution in [0.5, 0.6) is 0 Å². The second kappa shape index (κ2) is 4.97. The Morgan fingerprint density at radius 2 is 2.24 bits per heavy atom. The van der Waals surface area contributed by atoms with Gasteiger partial charge in [0.25, 0.3) is 0 Å². The van der Waals surface area contributed by atoms with Crippen LogP contribution in [0, 0.1) is 11.3 Å². The zero-order valence-corrected chi connectivity index (χ0v) is 12.4. The number of thiazole rings is 1. The maximum atomic E-state index is 9.21. The topological polar surface area (TPSA) is 54.0 Å². The third kappa shape index (κ3) is 1.95. The first-order valence-electron chi connectivity index (χ1n) is 7.17. The number of imidazole rings is 1. The van der Waals surface area contributed by atoms with E-state index in [1.165, 1.54) is 23.4 Å². The Morgan fingerprint density at radius 1 is 1.33 bits per heavy atom. The normalized spacial score (nSPS) is 14.0. The van der Waals surface area contributed by atoms with Gasteiger partial charge in [-0.15, -0.1) is 11.3 Å². The molecule has 1 aliphatic rings. The summed E-state index contributed by atoms with van der Waals surface area (Å²) in [6.07, 6.45) is 8.70. The highest BCUT2D eigenvalue weighted by atomic mass is 32.1. The Kier molecular flexibility index (Phi) is 2.97. The van der Waals surface area contributed by atoms with Gasteiger partial charge in [0.1, 0.15) is 0 Å². The predicted molar refractivity (Wildman–Crippen MR) is 82.3 cm³/mol. The van der Waals surface area contributed by atoms with Crippen molar-refractivity contribution < 1.29 is 0 Å². The molecule has 5 heteroatoms. The van der Waals surface area contributed by atoms with Crippen molar-refractivity contribution in [3.05, 3.63) is 40.8 Å². The van der Waals surface area contributed by atoms with E-state index >= 15 is 0 Å². The van der Waals surface area contributed by atoms with Crippen LogP contribution < -0.4 is 0 Å². The van der Waals surface area contributed by atoms with E-state index < -0.39 is 0 Å². The average molecular weight is 294 g/mol. The molecule has 3 aromatic heterocycles. The minimum atomic E-state index is 0.383. The van der Waals surface area contributed by atoms with Crippen molar-refractivity contribution in [3.8, 4) is 17.3 Å². The number of nitrogens with zero attached hydrogens (tertiary/aromatic N) is 4. The van der Waals surface area contributed by atoms with Gasteiger partial charge >= 0.3 is 0 Å². The van der Waals surface area contributed by atoms with E-state index in [4.69, 9.17) is 4.98 Å². The number of pyridine rings is 1. The van der Waals surface area contributed by atoms with E-state index in [0.29, 0.717) is 6.42 Å². The van der Waals surface area contributed by atoms with E-state index in [0.717, 1.165) is 34.8 Å². The van der Waals surface area contributed by atoms with E-state index in [1.54, 1.807) is 17.5 Å².